The van der Waals surface area contributed by atoms with E-state index in [0.29, 0.717) is 23.2 Å². The summed E-state index contributed by atoms with van der Waals surface area (Å²) < 4.78 is 0. The average Bonchev–Trinajstić information content (AvgIpc) is 3.58. The minimum atomic E-state index is -0.0959. The number of aromatic amines is 1. The highest BCUT2D eigenvalue weighted by molar-refractivity contribution is 5.83. The van der Waals surface area contributed by atoms with E-state index >= 15 is 0 Å². The molecule has 3 fully saturated rings. The van der Waals surface area contributed by atoms with Gasteiger partial charge in [0.05, 0.1) is 16.6 Å². The first-order valence-electron chi connectivity index (χ1n) is 12.6. The van der Waals surface area contributed by atoms with Crippen molar-refractivity contribution in [1.29, 1.82) is 0 Å². The largest absolute Gasteiger partial charge is 0.351 e. The van der Waals surface area contributed by atoms with Crippen LogP contribution in [0.15, 0.2) is 35.3 Å². The van der Waals surface area contributed by atoms with E-state index in [4.69, 9.17) is 4.98 Å². The number of H-pyrrole nitrogens is 1. The van der Waals surface area contributed by atoms with Gasteiger partial charge in [-0.25, -0.2) is 15.0 Å². The second-order valence-corrected chi connectivity index (χ2v) is 9.95. The summed E-state index contributed by atoms with van der Waals surface area (Å²) in [6.45, 7) is 1.85. The zero-order valence-corrected chi connectivity index (χ0v) is 19.3. The van der Waals surface area contributed by atoms with Crippen LogP contribution in [0.3, 0.4) is 0 Å². The zero-order valence-electron chi connectivity index (χ0n) is 19.3. The molecule has 2 aromatic heterocycles. The van der Waals surface area contributed by atoms with Crippen LogP contribution in [0.5, 0.6) is 0 Å². The maximum Gasteiger partial charge on any atom is 0.258 e. The van der Waals surface area contributed by atoms with Gasteiger partial charge in [-0.05, 0) is 69.6 Å². The molecule has 0 unspecified atom stereocenters. The number of rotatable bonds is 5. The molecule has 2 saturated carbocycles. The summed E-state index contributed by atoms with van der Waals surface area (Å²) in [7, 11) is 0. The predicted molar refractivity (Wildman–Crippen MR) is 131 cm³/mol. The van der Waals surface area contributed by atoms with Crippen molar-refractivity contribution in [2.24, 2.45) is 5.92 Å². The van der Waals surface area contributed by atoms with E-state index in [9.17, 15) is 9.59 Å². The first-order valence-corrected chi connectivity index (χ1v) is 12.6. The predicted octanol–water partition coefficient (Wildman–Crippen LogP) is 3.85. The standard InChI is InChI=1S/C26H30N6O2/c33-24-20-15-18(7-10-22(20)29-23(31-24)16-3-4-16)21-11-12-27-26(30-21)28-19-8-5-17(6-9-19)25(34)32-13-1-2-14-32/h7,10-12,15-17,19H,1-6,8-9,13-14H2,(H,27,28,30)(H,29,31,33)/t17-,19+. The number of aromatic nitrogens is 4. The number of carbonyl (C=O) groups is 1. The van der Waals surface area contributed by atoms with E-state index < -0.39 is 0 Å². The molecule has 0 spiro atoms. The van der Waals surface area contributed by atoms with Crippen molar-refractivity contribution < 1.29 is 4.79 Å². The van der Waals surface area contributed by atoms with Gasteiger partial charge in [-0.3, -0.25) is 9.59 Å². The number of carbonyl (C=O) groups excluding carboxylic acids is 1. The van der Waals surface area contributed by atoms with Crippen LogP contribution in [0.4, 0.5) is 5.95 Å². The zero-order chi connectivity index (χ0) is 23.1. The lowest BCUT2D eigenvalue weighted by atomic mass is 9.85. The van der Waals surface area contributed by atoms with E-state index in [1.54, 1.807) is 6.20 Å². The van der Waals surface area contributed by atoms with Crippen molar-refractivity contribution in [3.05, 3.63) is 46.6 Å². The molecule has 1 saturated heterocycles. The van der Waals surface area contributed by atoms with Gasteiger partial charge in [-0.2, -0.15) is 0 Å². The fourth-order valence-electron chi connectivity index (χ4n) is 5.32. The topological polar surface area (TPSA) is 104 Å². The summed E-state index contributed by atoms with van der Waals surface area (Å²) >= 11 is 0. The number of fused-ring (bicyclic) bond motifs is 1. The van der Waals surface area contributed by atoms with Crippen molar-refractivity contribution in [3.63, 3.8) is 0 Å². The quantitative estimate of drug-likeness (QED) is 0.602. The van der Waals surface area contributed by atoms with Crippen LogP contribution in [0.1, 0.15) is 63.1 Å². The number of anilines is 1. The Hall–Kier alpha value is -3.29. The van der Waals surface area contributed by atoms with E-state index in [0.717, 1.165) is 87.1 Å². The number of nitrogens with zero attached hydrogens (tertiary/aromatic N) is 4. The molecule has 1 amide bonds. The molecule has 2 aliphatic carbocycles. The minimum Gasteiger partial charge on any atom is -0.351 e. The Bertz CT molecular complexity index is 1270. The fourth-order valence-corrected chi connectivity index (χ4v) is 5.32. The van der Waals surface area contributed by atoms with Crippen molar-refractivity contribution in [2.75, 3.05) is 18.4 Å². The van der Waals surface area contributed by atoms with E-state index in [1.807, 2.05) is 29.2 Å². The summed E-state index contributed by atoms with van der Waals surface area (Å²) in [5.41, 5.74) is 2.26. The normalized spacial score (nSPS) is 22.8. The second kappa shape index (κ2) is 8.81. The Balaban J connectivity index is 1.14. The number of amides is 1. The van der Waals surface area contributed by atoms with E-state index in [1.165, 1.54) is 0 Å². The molecule has 2 N–H and O–H groups in total. The highest BCUT2D eigenvalue weighted by Gasteiger charge is 2.31. The molecule has 3 aliphatic rings. The van der Waals surface area contributed by atoms with Gasteiger partial charge in [-0.15, -0.1) is 0 Å². The molecule has 6 rings (SSSR count). The molecule has 1 aromatic carbocycles. The van der Waals surface area contributed by atoms with Crippen molar-refractivity contribution in [1.82, 2.24) is 24.8 Å². The monoisotopic (exact) mass is 458 g/mol. The molecule has 8 heteroatoms. The Kier molecular flexibility index (Phi) is 5.51. The van der Waals surface area contributed by atoms with Crippen LogP contribution in [0.25, 0.3) is 22.2 Å². The van der Waals surface area contributed by atoms with Gasteiger partial charge in [0.1, 0.15) is 5.82 Å². The lowest BCUT2D eigenvalue weighted by Crippen LogP contribution is -2.37. The third-order valence-corrected chi connectivity index (χ3v) is 7.47. The Morgan fingerprint density at radius 2 is 1.79 bits per heavy atom. The van der Waals surface area contributed by atoms with Gasteiger partial charge in [0.25, 0.3) is 5.56 Å². The third-order valence-electron chi connectivity index (χ3n) is 7.47. The Morgan fingerprint density at radius 3 is 2.56 bits per heavy atom. The van der Waals surface area contributed by atoms with Gasteiger partial charge in [-0.1, -0.05) is 6.07 Å². The summed E-state index contributed by atoms with van der Waals surface area (Å²) in [5, 5.41) is 4.05. The lowest BCUT2D eigenvalue weighted by Gasteiger charge is -2.30. The fraction of sp³-hybridized carbons (Fsp3) is 0.500. The number of hydrogen-bond donors (Lipinski definition) is 2. The summed E-state index contributed by atoms with van der Waals surface area (Å²) in [6, 6.07) is 7.85. The number of nitrogens with one attached hydrogen (secondary N) is 2. The molecule has 0 bridgehead atoms. The SMILES string of the molecule is O=c1[nH]c(C2CC2)nc2ccc(-c3ccnc(N[C@H]4CC[C@@H](C(=O)N5CCCC5)CC4)n3)cc12. The Morgan fingerprint density at radius 1 is 1.00 bits per heavy atom. The maximum absolute atomic E-state index is 12.7. The molecule has 176 valence electrons. The summed E-state index contributed by atoms with van der Waals surface area (Å²) in [5.74, 6) is 2.30. The van der Waals surface area contributed by atoms with Crippen LogP contribution in [0, 0.1) is 5.92 Å². The molecule has 8 nitrogen and oxygen atoms in total. The number of likely N-dealkylation sites (tertiary alicyclic amines) is 1. The maximum atomic E-state index is 12.7. The summed E-state index contributed by atoms with van der Waals surface area (Å²) in [6.07, 6.45) is 9.93. The Labute approximate surface area is 198 Å². The molecule has 3 aromatic rings. The highest BCUT2D eigenvalue weighted by atomic mass is 16.2. The van der Waals surface area contributed by atoms with Gasteiger partial charge in [0.15, 0.2) is 0 Å². The van der Waals surface area contributed by atoms with Gasteiger partial charge in [0.2, 0.25) is 11.9 Å². The first-order chi connectivity index (χ1) is 16.6. The molecular formula is C26H30N6O2. The summed E-state index contributed by atoms with van der Waals surface area (Å²) in [4.78, 5) is 44.1. The number of hydrogen-bond acceptors (Lipinski definition) is 6. The van der Waals surface area contributed by atoms with Crippen molar-refractivity contribution >= 4 is 22.8 Å². The van der Waals surface area contributed by atoms with Crippen LogP contribution in [-0.4, -0.2) is 49.9 Å². The molecule has 1 aliphatic heterocycles. The molecule has 0 atom stereocenters. The van der Waals surface area contributed by atoms with Gasteiger partial charge < -0.3 is 15.2 Å². The van der Waals surface area contributed by atoms with E-state index in [-0.39, 0.29) is 17.5 Å². The number of benzene rings is 1. The molecular weight excluding hydrogens is 428 g/mol. The second-order valence-electron chi connectivity index (χ2n) is 9.95. The molecule has 3 heterocycles. The van der Waals surface area contributed by atoms with Crippen LogP contribution in [0.2, 0.25) is 0 Å². The van der Waals surface area contributed by atoms with Crippen LogP contribution >= 0.6 is 0 Å². The van der Waals surface area contributed by atoms with Crippen LogP contribution < -0.4 is 10.9 Å². The highest BCUT2D eigenvalue weighted by Crippen LogP contribution is 2.38. The smallest absolute Gasteiger partial charge is 0.258 e. The van der Waals surface area contributed by atoms with Crippen molar-refractivity contribution in [3.8, 4) is 11.3 Å². The molecule has 0 radical (unpaired) electrons. The average molecular weight is 459 g/mol. The minimum absolute atomic E-state index is 0.0959. The lowest BCUT2D eigenvalue weighted by molar-refractivity contribution is -0.135. The van der Waals surface area contributed by atoms with Gasteiger partial charge >= 0.3 is 0 Å². The van der Waals surface area contributed by atoms with Gasteiger partial charge in [0, 0.05) is 42.7 Å². The first kappa shape index (κ1) is 21.3. The third kappa shape index (κ3) is 4.29. The molecule has 34 heavy (non-hydrogen) atoms. The van der Waals surface area contributed by atoms with E-state index in [2.05, 4.69) is 20.3 Å². The van der Waals surface area contributed by atoms with Crippen LogP contribution in [-0.2, 0) is 4.79 Å². The van der Waals surface area contributed by atoms with Crippen molar-refractivity contribution in [2.45, 2.75) is 63.3 Å².